The number of hydrogen-bond donors (Lipinski definition) is 1. The molecule has 1 atom stereocenters. The van der Waals surface area contributed by atoms with Crippen molar-refractivity contribution in [2.45, 2.75) is 24.2 Å². The van der Waals surface area contributed by atoms with Crippen LogP contribution in [0, 0.1) is 0 Å². The molecule has 0 radical (unpaired) electrons. The number of morpholine rings is 1. The quantitative estimate of drug-likeness (QED) is 0.759. The Morgan fingerprint density at radius 1 is 1.47 bits per heavy atom. The van der Waals surface area contributed by atoms with Crippen LogP contribution in [-0.2, 0) is 9.53 Å². The normalized spacial score (nSPS) is 25.9. The topological polar surface area (TPSA) is 41.6 Å². The number of nitrogens with one attached hydrogen (secondary N) is 1. The fraction of sp³-hybridized carbons (Fsp3) is 0.909. The molecule has 98 valence electrons. The molecule has 2 fully saturated rings. The van der Waals surface area contributed by atoms with Crippen molar-refractivity contribution in [3.63, 3.8) is 0 Å². The predicted molar refractivity (Wildman–Crippen MR) is 71.4 cm³/mol. The molecule has 6 heteroatoms. The second-order valence-electron chi connectivity index (χ2n) is 4.29. The summed E-state index contributed by atoms with van der Waals surface area (Å²) in [6.07, 6.45) is 1.90. The van der Waals surface area contributed by atoms with Gasteiger partial charge in [0.25, 0.3) is 0 Å². The van der Waals surface area contributed by atoms with E-state index in [0.29, 0.717) is 25.7 Å². The van der Waals surface area contributed by atoms with Crippen molar-refractivity contribution in [1.29, 1.82) is 0 Å². The molecule has 0 bridgehead atoms. The first-order valence-corrected chi connectivity index (χ1v) is 10.4. The molecule has 0 aromatic carbocycles. The molecule has 0 saturated carbocycles. The second-order valence-corrected chi connectivity index (χ2v) is 8.84. The summed E-state index contributed by atoms with van der Waals surface area (Å²) >= 11 is 0.754. The third kappa shape index (κ3) is 4.79. The van der Waals surface area contributed by atoms with Crippen LogP contribution in [0.1, 0.15) is 12.8 Å². The summed E-state index contributed by atoms with van der Waals surface area (Å²) in [5.41, 5.74) is 0. The molecule has 2 rings (SSSR count). The maximum atomic E-state index is 11.9. The number of carbonyl (C=O) groups excluding carboxylic acids is 1. The number of ether oxygens (including phenoxy) is 1. The SMILES string of the molecule is O=C(CCN[C@H]1CCS[Se]C1)N1CCOCC1. The Labute approximate surface area is 112 Å². The molecule has 2 heterocycles. The summed E-state index contributed by atoms with van der Waals surface area (Å²) in [6.45, 7) is 3.76. The predicted octanol–water partition coefficient (Wildman–Crippen LogP) is 0.368. The van der Waals surface area contributed by atoms with Crippen LogP contribution in [0.25, 0.3) is 0 Å². The number of amides is 1. The molecule has 1 amide bonds. The van der Waals surface area contributed by atoms with Crippen molar-refractivity contribution in [3.05, 3.63) is 0 Å². The van der Waals surface area contributed by atoms with E-state index in [1.807, 2.05) is 4.90 Å². The van der Waals surface area contributed by atoms with Crippen LogP contribution in [0.2, 0.25) is 5.32 Å². The van der Waals surface area contributed by atoms with Crippen LogP contribution in [0.4, 0.5) is 0 Å². The molecule has 2 aliphatic rings. The van der Waals surface area contributed by atoms with E-state index in [4.69, 9.17) is 4.74 Å². The first kappa shape index (κ1) is 13.7. The summed E-state index contributed by atoms with van der Waals surface area (Å²) in [4.78, 5) is 13.8. The van der Waals surface area contributed by atoms with E-state index >= 15 is 0 Å². The summed E-state index contributed by atoms with van der Waals surface area (Å²) in [5.74, 6) is 1.56. The Kier molecular flexibility index (Phi) is 6.15. The zero-order chi connectivity index (χ0) is 11.9. The van der Waals surface area contributed by atoms with Crippen LogP contribution >= 0.6 is 10.2 Å². The molecular formula is C11H20N2O2SSe. The molecule has 0 unspecified atom stereocenters. The zero-order valence-electron chi connectivity index (χ0n) is 10.0. The van der Waals surface area contributed by atoms with Crippen LogP contribution in [0.5, 0.6) is 0 Å². The van der Waals surface area contributed by atoms with Gasteiger partial charge in [-0.3, -0.25) is 0 Å². The summed E-state index contributed by atoms with van der Waals surface area (Å²) in [7, 11) is 2.09. The summed E-state index contributed by atoms with van der Waals surface area (Å²) in [6, 6.07) is 0.661. The van der Waals surface area contributed by atoms with Crippen LogP contribution in [0.15, 0.2) is 0 Å². The minimum absolute atomic E-state index is 0.275. The van der Waals surface area contributed by atoms with E-state index in [1.54, 1.807) is 0 Å². The van der Waals surface area contributed by atoms with Gasteiger partial charge in [0.2, 0.25) is 0 Å². The number of hydrogen-bond acceptors (Lipinski definition) is 4. The first-order valence-electron chi connectivity index (χ1n) is 6.19. The van der Waals surface area contributed by atoms with E-state index in [0.717, 1.165) is 33.5 Å². The van der Waals surface area contributed by atoms with Gasteiger partial charge in [0.1, 0.15) is 0 Å². The molecule has 0 aromatic rings. The van der Waals surface area contributed by atoms with Gasteiger partial charge >= 0.3 is 112 Å². The van der Waals surface area contributed by atoms with Gasteiger partial charge < -0.3 is 0 Å². The Morgan fingerprint density at radius 2 is 2.29 bits per heavy atom. The molecule has 0 aliphatic carbocycles. The first-order chi connectivity index (χ1) is 8.36. The van der Waals surface area contributed by atoms with Crippen LogP contribution in [0.3, 0.4) is 0 Å². The van der Waals surface area contributed by atoms with Crippen molar-refractivity contribution in [1.82, 2.24) is 10.2 Å². The molecular weight excluding hydrogens is 303 g/mol. The van der Waals surface area contributed by atoms with Gasteiger partial charge in [-0.1, -0.05) is 0 Å². The van der Waals surface area contributed by atoms with E-state index in [-0.39, 0.29) is 5.91 Å². The Balaban J connectivity index is 1.58. The number of rotatable bonds is 4. The third-order valence-corrected chi connectivity index (χ3v) is 7.54. The van der Waals surface area contributed by atoms with Gasteiger partial charge in [-0.25, -0.2) is 0 Å². The van der Waals surface area contributed by atoms with Crippen molar-refractivity contribution in [2.75, 3.05) is 38.6 Å². The zero-order valence-corrected chi connectivity index (χ0v) is 12.6. The van der Waals surface area contributed by atoms with Crippen molar-refractivity contribution >= 4 is 29.9 Å². The van der Waals surface area contributed by atoms with Crippen LogP contribution in [-0.4, -0.2) is 69.3 Å². The van der Waals surface area contributed by atoms with Crippen molar-refractivity contribution in [2.24, 2.45) is 0 Å². The van der Waals surface area contributed by atoms with Crippen molar-refractivity contribution in [3.8, 4) is 0 Å². The van der Waals surface area contributed by atoms with E-state index in [2.05, 4.69) is 15.5 Å². The number of nitrogens with zero attached hydrogens (tertiary/aromatic N) is 1. The van der Waals surface area contributed by atoms with Gasteiger partial charge in [0.15, 0.2) is 0 Å². The minimum atomic E-state index is 0.275. The Hall–Kier alpha value is 0.259. The standard InChI is InChI=1S/C11H20N2O2SSe/c14-11(13-4-6-15-7-5-13)1-3-12-10-2-8-16-17-9-10/h10,12H,1-9H2/t10-/m0/s1. The van der Waals surface area contributed by atoms with E-state index < -0.39 is 0 Å². The Morgan fingerprint density at radius 3 is 3.00 bits per heavy atom. The van der Waals surface area contributed by atoms with Gasteiger partial charge in [-0.05, 0) is 0 Å². The van der Waals surface area contributed by atoms with E-state index in [1.165, 1.54) is 17.5 Å². The monoisotopic (exact) mass is 324 g/mol. The van der Waals surface area contributed by atoms with Gasteiger partial charge in [-0.15, -0.1) is 0 Å². The maximum absolute atomic E-state index is 11.9. The van der Waals surface area contributed by atoms with Crippen LogP contribution < -0.4 is 5.32 Å². The molecule has 2 saturated heterocycles. The fourth-order valence-corrected chi connectivity index (χ4v) is 6.32. The van der Waals surface area contributed by atoms with Gasteiger partial charge in [-0.2, -0.15) is 0 Å². The van der Waals surface area contributed by atoms with Crippen molar-refractivity contribution < 1.29 is 9.53 Å². The average molecular weight is 323 g/mol. The number of carbonyl (C=O) groups is 1. The Bertz CT molecular complexity index is 244. The van der Waals surface area contributed by atoms with Gasteiger partial charge in [0, 0.05) is 0 Å². The molecule has 0 spiro atoms. The molecule has 1 N–H and O–H groups in total. The fourth-order valence-electron chi connectivity index (χ4n) is 1.98. The second kappa shape index (κ2) is 7.64. The average Bonchev–Trinajstić information content (AvgIpc) is 2.41. The molecule has 4 nitrogen and oxygen atoms in total. The summed E-state index contributed by atoms with van der Waals surface area (Å²) < 4.78 is 5.24. The van der Waals surface area contributed by atoms with E-state index in [9.17, 15) is 4.79 Å². The third-order valence-electron chi connectivity index (χ3n) is 3.04. The molecule has 2 aliphatic heterocycles. The van der Waals surface area contributed by atoms with Gasteiger partial charge in [0.05, 0.1) is 0 Å². The molecule has 17 heavy (non-hydrogen) atoms. The summed E-state index contributed by atoms with van der Waals surface area (Å²) in [5, 5.41) is 4.82. The molecule has 0 aromatic heterocycles.